The number of anilines is 1. The summed E-state index contributed by atoms with van der Waals surface area (Å²) in [5, 5.41) is 15.8. The number of amides is 1. The molecule has 0 aliphatic carbocycles. The summed E-state index contributed by atoms with van der Waals surface area (Å²) in [4.78, 5) is 14.7. The second-order valence-corrected chi connectivity index (χ2v) is 8.24. The highest BCUT2D eigenvalue weighted by molar-refractivity contribution is 5.96. The first kappa shape index (κ1) is 22.8. The fourth-order valence-corrected chi connectivity index (χ4v) is 4.17. The molecule has 2 aromatic heterocycles. The molecular weight excluding hydrogens is 433 g/mol. The predicted octanol–water partition coefficient (Wildman–Crippen LogP) is 3.91. The summed E-state index contributed by atoms with van der Waals surface area (Å²) in [6.07, 6.45) is -1.66. The highest BCUT2D eigenvalue weighted by Crippen LogP contribution is 2.32. The minimum Gasteiger partial charge on any atom is -0.355 e. The smallest absolute Gasteiger partial charge is 0.355 e. The minimum absolute atomic E-state index is 0.210. The third-order valence-corrected chi connectivity index (χ3v) is 6.17. The van der Waals surface area contributed by atoms with Crippen molar-refractivity contribution in [2.75, 3.05) is 18.0 Å². The van der Waals surface area contributed by atoms with Gasteiger partial charge in [0, 0.05) is 32.4 Å². The van der Waals surface area contributed by atoms with Crippen LogP contribution in [0.1, 0.15) is 39.9 Å². The van der Waals surface area contributed by atoms with E-state index in [9.17, 15) is 18.0 Å². The molecule has 1 saturated heterocycles. The van der Waals surface area contributed by atoms with E-state index >= 15 is 0 Å². The zero-order valence-corrected chi connectivity index (χ0v) is 18.6. The van der Waals surface area contributed by atoms with Gasteiger partial charge in [-0.25, -0.2) is 0 Å². The standard InChI is InChI=1S/C23H25F3N6O/c1-14-15(2)21(30-29-20(14)19-8-11-27-31(19)3)32-12-9-16(10-13-32)28-22(33)17-6-4-5-7-18(17)23(24,25)26/h4-8,11,16H,9-10,12-13H2,1-3H3,(H,28,33). The SMILES string of the molecule is Cc1c(-c2ccnn2C)nnc(N2CCC(NC(=O)c3ccccc3C(F)(F)F)CC2)c1C. The average Bonchev–Trinajstić information content (AvgIpc) is 3.21. The van der Waals surface area contributed by atoms with Crippen LogP contribution >= 0.6 is 0 Å². The van der Waals surface area contributed by atoms with Gasteiger partial charge in [-0.3, -0.25) is 9.48 Å². The van der Waals surface area contributed by atoms with Gasteiger partial charge < -0.3 is 10.2 Å². The van der Waals surface area contributed by atoms with E-state index in [2.05, 4.69) is 25.5 Å². The summed E-state index contributed by atoms with van der Waals surface area (Å²) in [5.41, 5.74) is 2.42. The molecule has 1 aromatic carbocycles. The molecule has 1 amide bonds. The third-order valence-electron chi connectivity index (χ3n) is 6.17. The zero-order valence-electron chi connectivity index (χ0n) is 18.6. The molecule has 4 rings (SSSR count). The number of nitrogens with zero attached hydrogens (tertiary/aromatic N) is 5. The van der Waals surface area contributed by atoms with E-state index in [-0.39, 0.29) is 11.6 Å². The number of nitrogens with one attached hydrogen (secondary N) is 1. The van der Waals surface area contributed by atoms with E-state index in [0.29, 0.717) is 25.9 Å². The van der Waals surface area contributed by atoms with Crippen LogP contribution < -0.4 is 10.2 Å². The van der Waals surface area contributed by atoms with Gasteiger partial charge in [0.25, 0.3) is 5.91 Å². The lowest BCUT2D eigenvalue weighted by Crippen LogP contribution is -2.45. The minimum atomic E-state index is -4.58. The molecule has 1 fully saturated rings. The largest absolute Gasteiger partial charge is 0.417 e. The molecule has 0 spiro atoms. The molecule has 3 aromatic rings. The summed E-state index contributed by atoms with van der Waals surface area (Å²) in [6, 6.07) is 6.53. The number of halogens is 3. The Labute approximate surface area is 189 Å². The Morgan fingerprint density at radius 3 is 2.39 bits per heavy atom. The first-order valence-corrected chi connectivity index (χ1v) is 10.7. The summed E-state index contributed by atoms with van der Waals surface area (Å²) in [7, 11) is 1.85. The van der Waals surface area contributed by atoms with Gasteiger partial charge in [-0.15, -0.1) is 10.2 Å². The Hall–Kier alpha value is -3.43. The van der Waals surface area contributed by atoms with Crippen molar-refractivity contribution < 1.29 is 18.0 Å². The van der Waals surface area contributed by atoms with Crippen molar-refractivity contribution >= 4 is 11.7 Å². The fourth-order valence-electron chi connectivity index (χ4n) is 4.17. The molecule has 33 heavy (non-hydrogen) atoms. The van der Waals surface area contributed by atoms with Crippen molar-refractivity contribution in [3.05, 3.63) is 58.8 Å². The topological polar surface area (TPSA) is 75.9 Å². The average molecular weight is 458 g/mol. The van der Waals surface area contributed by atoms with E-state index in [1.165, 1.54) is 18.2 Å². The lowest BCUT2D eigenvalue weighted by molar-refractivity contribution is -0.137. The first-order chi connectivity index (χ1) is 15.7. The van der Waals surface area contributed by atoms with Gasteiger partial charge in [0.15, 0.2) is 5.82 Å². The molecule has 1 aliphatic heterocycles. The number of carbonyl (C=O) groups excluding carboxylic acids is 1. The van der Waals surface area contributed by atoms with E-state index in [1.54, 1.807) is 10.9 Å². The summed E-state index contributed by atoms with van der Waals surface area (Å²) in [6.45, 7) is 5.24. The van der Waals surface area contributed by atoms with Crippen molar-refractivity contribution in [1.29, 1.82) is 0 Å². The summed E-state index contributed by atoms with van der Waals surface area (Å²) in [5.74, 6) is 0.0827. The van der Waals surface area contributed by atoms with Crippen LogP contribution in [0.5, 0.6) is 0 Å². The number of benzene rings is 1. The van der Waals surface area contributed by atoms with E-state index < -0.39 is 17.6 Å². The molecule has 0 bridgehead atoms. The second-order valence-electron chi connectivity index (χ2n) is 8.24. The van der Waals surface area contributed by atoms with Crippen LogP contribution in [0.15, 0.2) is 36.5 Å². The van der Waals surface area contributed by atoms with Crippen LogP contribution in [0.3, 0.4) is 0 Å². The first-order valence-electron chi connectivity index (χ1n) is 10.7. The molecule has 7 nitrogen and oxygen atoms in total. The van der Waals surface area contributed by atoms with E-state index in [4.69, 9.17) is 0 Å². The van der Waals surface area contributed by atoms with Crippen molar-refractivity contribution in [1.82, 2.24) is 25.3 Å². The predicted molar refractivity (Wildman–Crippen MR) is 118 cm³/mol. The number of carbonyl (C=O) groups is 1. The number of piperidine rings is 1. The molecule has 10 heteroatoms. The molecule has 0 atom stereocenters. The quantitative estimate of drug-likeness (QED) is 0.642. The summed E-state index contributed by atoms with van der Waals surface area (Å²) < 4.78 is 41.4. The maximum Gasteiger partial charge on any atom is 0.417 e. The van der Waals surface area contributed by atoms with Gasteiger partial charge in [-0.1, -0.05) is 12.1 Å². The maximum absolute atomic E-state index is 13.2. The molecule has 174 valence electrons. The van der Waals surface area contributed by atoms with Crippen molar-refractivity contribution in [3.63, 3.8) is 0 Å². The van der Waals surface area contributed by atoms with Crippen LogP contribution in [0.4, 0.5) is 19.0 Å². The normalized spacial score (nSPS) is 15.0. The van der Waals surface area contributed by atoms with Crippen molar-refractivity contribution in [2.45, 2.75) is 38.9 Å². The van der Waals surface area contributed by atoms with Crippen LogP contribution in [0, 0.1) is 13.8 Å². The number of hydrogen-bond acceptors (Lipinski definition) is 5. The molecule has 0 radical (unpaired) electrons. The third kappa shape index (κ3) is 4.55. The molecule has 3 heterocycles. The zero-order chi connectivity index (χ0) is 23.8. The van der Waals surface area contributed by atoms with Crippen LogP contribution in [-0.2, 0) is 13.2 Å². The number of aromatic nitrogens is 4. The van der Waals surface area contributed by atoms with Gasteiger partial charge in [-0.2, -0.15) is 18.3 Å². The van der Waals surface area contributed by atoms with Crippen molar-refractivity contribution in [2.24, 2.45) is 7.05 Å². The Bertz CT molecular complexity index is 1170. The van der Waals surface area contributed by atoms with Gasteiger partial charge in [0.05, 0.1) is 16.8 Å². The molecule has 0 unspecified atom stereocenters. The number of rotatable bonds is 4. The highest BCUT2D eigenvalue weighted by Gasteiger charge is 2.35. The van der Waals surface area contributed by atoms with Crippen LogP contribution in [0.2, 0.25) is 0 Å². The lowest BCUT2D eigenvalue weighted by atomic mass is 10.0. The Morgan fingerprint density at radius 1 is 1.06 bits per heavy atom. The highest BCUT2D eigenvalue weighted by atomic mass is 19.4. The second kappa shape index (κ2) is 8.84. The van der Waals surface area contributed by atoms with Gasteiger partial charge in [0.2, 0.25) is 0 Å². The molecule has 0 saturated carbocycles. The van der Waals surface area contributed by atoms with Crippen LogP contribution in [-0.4, -0.2) is 45.0 Å². The molecular formula is C23H25F3N6O. The van der Waals surface area contributed by atoms with E-state index in [0.717, 1.165) is 34.4 Å². The monoisotopic (exact) mass is 458 g/mol. The Morgan fingerprint density at radius 2 is 1.76 bits per heavy atom. The van der Waals surface area contributed by atoms with Gasteiger partial charge in [-0.05, 0) is 56.0 Å². The lowest BCUT2D eigenvalue weighted by Gasteiger charge is -2.34. The van der Waals surface area contributed by atoms with Gasteiger partial charge in [0.1, 0.15) is 5.69 Å². The number of hydrogen-bond donors (Lipinski definition) is 1. The number of alkyl halides is 3. The molecule has 1 N–H and O–H groups in total. The maximum atomic E-state index is 13.2. The number of aryl methyl sites for hydroxylation is 1. The van der Waals surface area contributed by atoms with Crippen molar-refractivity contribution in [3.8, 4) is 11.4 Å². The fraction of sp³-hybridized carbons (Fsp3) is 0.391. The molecule has 1 aliphatic rings. The van der Waals surface area contributed by atoms with Gasteiger partial charge >= 0.3 is 6.18 Å². The van der Waals surface area contributed by atoms with Crippen LogP contribution in [0.25, 0.3) is 11.4 Å². The Balaban J connectivity index is 1.43. The summed E-state index contributed by atoms with van der Waals surface area (Å²) >= 11 is 0. The Kier molecular flexibility index (Phi) is 6.09. The van der Waals surface area contributed by atoms with E-state index in [1.807, 2.05) is 27.0 Å².